The van der Waals surface area contributed by atoms with E-state index in [0.717, 1.165) is 57.4 Å². The van der Waals surface area contributed by atoms with E-state index < -0.39 is 0 Å². The molecule has 0 saturated carbocycles. The largest absolute Gasteiger partial charge is 0.454 e. The van der Waals surface area contributed by atoms with Crippen molar-refractivity contribution in [2.75, 3.05) is 4.90 Å². The van der Waals surface area contributed by atoms with Gasteiger partial charge in [-0.1, -0.05) is 133 Å². The fraction of sp³-hybridized carbons (Fsp3) is 0.0417. The summed E-state index contributed by atoms with van der Waals surface area (Å²) in [6.45, 7) is 0. The Morgan fingerprint density at radius 1 is 0.529 bits per heavy atom. The number of hydrogen-bond acceptors (Lipinski definition) is 2. The Hall–Kier alpha value is -6.58. The fourth-order valence-corrected chi connectivity index (χ4v) is 7.97. The lowest BCUT2D eigenvalue weighted by molar-refractivity contribution is 0.669. The number of allylic oxidation sites excluding steroid dienone is 4. The summed E-state index contributed by atoms with van der Waals surface area (Å²) in [6.07, 6.45) is 8.85. The smallest absolute Gasteiger partial charge is 0.159 e. The number of benzene rings is 7. The van der Waals surface area contributed by atoms with Crippen LogP contribution in [0.1, 0.15) is 18.4 Å². The molecule has 3 heteroatoms. The second kappa shape index (κ2) is 12.1. The van der Waals surface area contributed by atoms with E-state index in [1.54, 1.807) is 0 Å². The Morgan fingerprint density at radius 3 is 2.08 bits per heavy atom. The number of fused-ring (bicyclic) bond motifs is 6. The van der Waals surface area contributed by atoms with Crippen molar-refractivity contribution >= 4 is 66.4 Å². The molecule has 0 atom stereocenters. The number of anilines is 3. The molecule has 1 aliphatic rings. The summed E-state index contributed by atoms with van der Waals surface area (Å²) in [5, 5.41) is 4.78. The molecule has 0 unspecified atom stereocenters. The maximum absolute atomic E-state index is 6.53. The predicted molar refractivity (Wildman–Crippen MR) is 215 cm³/mol. The number of furan rings is 1. The van der Waals surface area contributed by atoms with Crippen molar-refractivity contribution in [3.05, 3.63) is 188 Å². The van der Waals surface area contributed by atoms with Crippen molar-refractivity contribution < 1.29 is 4.42 Å². The Bertz CT molecular complexity index is 2800. The van der Waals surface area contributed by atoms with Gasteiger partial charge in [0.15, 0.2) is 5.58 Å². The molecular weight excluding hydrogens is 621 g/mol. The third-order valence-corrected chi connectivity index (χ3v) is 10.3. The molecule has 9 aromatic rings. The first kappa shape index (κ1) is 29.3. The molecule has 0 saturated heterocycles. The van der Waals surface area contributed by atoms with E-state index in [0.29, 0.717) is 0 Å². The Balaban J connectivity index is 1.14. The molecule has 51 heavy (non-hydrogen) atoms. The number of nitrogens with zero attached hydrogens (tertiary/aromatic N) is 2. The van der Waals surface area contributed by atoms with E-state index in [-0.39, 0.29) is 0 Å². The molecule has 10 rings (SSSR count). The Morgan fingerprint density at radius 2 is 1.22 bits per heavy atom. The van der Waals surface area contributed by atoms with E-state index >= 15 is 0 Å². The first-order valence-corrected chi connectivity index (χ1v) is 17.7. The first-order chi connectivity index (χ1) is 25.3. The van der Waals surface area contributed by atoms with E-state index in [1.807, 2.05) is 12.1 Å². The highest BCUT2D eigenvalue weighted by Gasteiger charge is 2.21. The lowest BCUT2D eigenvalue weighted by Gasteiger charge is -2.26. The lowest BCUT2D eigenvalue weighted by atomic mass is 9.95. The van der Waals surface area contributed by atoms with Crippen LogP contribution in [0.15, 0.2) is 186 Å². The SMILES string of the molecule is C1=CCCC(c2cccc3c4ccccc4n(-c4ccccc4-c4ccc(N(c5ccccc5)c5cccc6c5oc5ccccc56)cc4)c23)=C1. The maximum Gasteiger partial charge on any atom is 0.159 e. The van der Waals surface area contributed by atoms with E-state index in [2.05, 4.69) is 179 Å². The van der Waals surface area contributed by atoms with E-state index in [9.17, 15) is 0 Å². The van der Waals surface area contributed by atoms with Crippen LogP contribution in [0.4, 0.5) is 17.1 Å². The van der Waals surface area contributed by atoms with Crippen LogP contribution in [0.2, 0.25) is 0 Å². The molecule has 2 heterocycles. The summed E-state index contributed by atoms with van der Waals surface area (Å²) in [7, 11) is 0. The summed E-state index contributed by atoms with van der Waals surface area (Å²) >= 11 is 0. The minimum absolute atomic E-state index is 0.878. The molecule has 0 spiro atoms. The van der Waals surface area contributed by atoms with Gasteiger partial charge in [0.1, 0.15) is 5.58 Å². The zero-order chi connectivity index (χ0) is 33.7. The monoisotopic (exact) mass is 654 g/mol. The average Bonchev–Trinajstić information content (AvgIpc) is 3.76. The quantitative estimate of drug-likeness (QED) is 0.178. The summed E-state index contributed by atoms with van der Waals surface area (Å²) < 4.78 is 9.02. The van der Waals surface area contributed by atoms with Crippen molar-refractivity contribution in [3.8, 4) is 16.8 Å². The van der Waals surface area contributed by atoms with Crippen LogP contribution in [-0.2, 0) is 0 Å². The number of para-hydroxylation sites is 6. The predicted octanol–water partition coefficient (Wildman–Crippen LogP) is 13.6. The molecule has 0 radical (unpaired) electrons. The van der Waals surface area contributed by atoms with Gasteiger partial charge in [0, 0.05) is 44.0 Å². The number of hydrogen-bond donors (Lipinski definition) is 0. The molecule has 0 N–H and O–H groups in total. The Kier molecular flexibility index (Phi) is 6.95. The van der Waals surface area contributed by atoms with Crippen molar-refractivity contribution in [2.24, 2.45) is 0 Å². The average molecular weight is 655 g/mol. The molecule has 0 bridgehead atoms. The first-order valence-electron chi connectivity index (χ1n) is 17.7. The van der Waals surface area contributed by atoms with Gasteiger partial charge in [-0.05, 0) is 72.5 Å². The van der Waals surface area contributed by atoms with Gasteiger partial charge in [0.25, 0.3) is 0 Å². The standard InChI is InChI=1S/C48H34N2O/c1-3-15-33(16-4-1)38-22-13-23-41-39-20-8-11-26-44(39)50(47(38)41)43-25-10-7-19-37(43)34-29-31-36(32-30-34)49(35-17-5-2-6-18-35)45-27-14-24-42-40-21-9-12-28-46(40)51-48(42)45/h1-3,5-15,17-32H,4,16H2. The number of aromatic nitrogens is 1. The molecule has 0 aliphatic heterocycles. The topological polar surface area (TPSA) is 21.3 Å². The maximum atomic E-state index is 6.53. The van der Waals surface area contributed by atoms with Crippen LogP contribution in [0.5, 0.6) is 0 Å². The molecule has 0 amide bonds. The molecule has 1 aliphatic carbocycles. The van der Waals surface area contributed by atoms with Gasteiger partial charge < -0.3 is 13.9 Å². The molecule has 0 fully saturated rings. The van der Waals surface area contributed by atoms with Gasteiger partial charge >= 0.3 is 0 Å². The van der Waals surface area contributed by atoms with Gasteiger partial charge in [-0.2, -0.15) is 0 Å². The van der Waals surface area contributed by atoms with Gasteiger partial charge in [-0.25, -0.2) is 0 Å². The Labute approximate surface area is 296 Å². The van der Waals surface area contributed by atoms with Gasteiger partial charge in [0.2, 0.25) is 0 Å². The lowest BCUT2D eigenvalue weighted by Crippen LogP contribution is -2.10. The highest BCUT2D eigenvalue weighted by Crippen LogP contribution is 2.44. The second-order valence-corrected chi connectivity index (χ2v) is 13.2. The zero-order valence-corrected chi connectivity index (χ0v) is 28.0. The highest BCUT2D eigenvalue weighted by molar-refractivity contribution is 6.13. The highest BCUT2D eigenvalue weighted by atomic mass is 16.3. The van der Waals surface area contributed by atoms with Crippen LogP contribution < -0.4 is 4.90 Å². The van der Waals surface area contributed by atoms with Gasteiger partial charge in [-0.15, -0.1) is 0 Å². The van der Waals surface area contributed by atoms with E-state index in [4.69, 9.17) is 4.42 Å². The van der Waals surface area contributed by atoms with Crippen molar-refractivity contribution in [3.63, 3.8) is 0 Å². The second-order valence-electron chi connectivity index (χ2n) is 13.2. The van der Waals surface area contributed by atoms with Crippen LogP contribution in [0.3, 0.4) is 0 Å². The molecule has 2 aromatic heterocycles. The van der Waals surface area contributed by atoms with Crippen molar-refractivity contribution in [2.45, 2.75) is 12.8 Å². The zero-order valence-electron chi connectivity index (χ0n) is 28.0. The summed E-state index contributed by atoms with van der Waals surface area (Å²) in [6, 6.07) is 58.6. The molecular formula is C48H34N2O. The fourth-order valence-electron chi connectivity index (χ4n) is 7.97. The summed E-state index contributed by atoms with van der Waals surface area (Å²) in [4.78, 5) is 2.30. The van der Waals surface area contributed by atoms with Gasteiger partial charge in [-0.3, -0.25) is 0 Å². The third-order valence-electron chi connectivity index (χ3n) is 10.3. The number of rotatable bonds is 6. The van der Waals surface area contributed by atoms with Crippen molar-refractivity contribution in [1.29, 1.82) is 0 Å². The normalized spacial score (nSPS) is 13.0. The molecule has 7 aromatic carbocycles. The summed E-state index contributed by atoms with van der Waals surface area (Å²) in [5.74, 6) is 0. The third kappa shape index (κ3) is 4.81. The summed E-state index contributed by atoms with van der Waals surface area (Å²) in [5.41, 5.74) is 13.6. The minimum atomic E-state index is 0.878. The van der Waals surface area contributed by atoms with Crippen LogP contribution in [0.25, 0.3) is 66.1 Å². The minimum Gasteiger partial charge on any atom is -0.454 e. The van der Waals surface area contributed by atoms with Gasteiger partial charge in [0.05, 0.1) is 22.4 Å². The van der Waals surface area contributed by atoms with E-state index in [1.165, 1.54) is 44.2 Å². The van der Waals surface area contributed by atoms with Crippen LogP contribution in [0, 0.1) is 0 Å². The van der Waals surface area contributed by atoms with Crippen LogP contribution >= 0.6 is 0 Å². The molecule has 3 nitrogen and oxygen atoms in total. The van der Waals surface area contributed by atoms with Crippen LogP contribution in [-0.4, -0.2) is 4.57 Å². The molecule has 242 valence electrons. The van der Waals surface area contributed by atoms with Crippen molar-refractivity contribution in [1.82, 2.24) is 4.57 Å².